The first kappa shape index (κ1) is 16.1. The molecule has 0 amide bonds. The van der Waals surface area contributed by atoms with Gasteiger partial charge >= 0.3 is 0 Å². The zero-order valence-corrected chi connectivity index (χ0v) is 15.2. The number of fused-ring (bicyclic) bond motifs is 3. The third kappa shape index (κ3) is 2.69. The smallest absolute Gasteiger partial charge is 0.280 e. The Kier molecular flexibility index (Phi) is 3.72. The Labute approximate surface area is 156 Å². The van der Waals surface area contributed by atoms with Crippen molar-refractivity contribution in [2.75, 3.05) is 38.1 Å². The van der Waals surface area contributed by atoms with Crippen LogP contribution in [-0.4, -0.2) is 52.9 Å². The van der Waals surface area contributed by atoms with Crippen LogP contribution < -0.4 is 10.5 Å². The molecule has 4 aromatic rings. The Morgan fingerprint density at radius 3 is 2.48 bits per heavy atom. The van der Waals surface area contributed by atoms with Gasteiger partial charge in [0.25, 0.3) is 5.56 Å². The van der Waals surface area contributed by atoms with Crippen LogP contribution in [-0.2, 0) is 0 Å². The number of aromatic nitrogens is 3. The van der Waals surface area contributed by atoms with Gasteiger partial charge in [-0.3, -0.25) is 14.9 Å². The van der Waals surface area contributed by atoms with Crippen LogP contribution in [0.25, 0.3) is 27.5 Å². The number of aromatic amines is 1. The van der Waals surface area contributed by atoms with E-state index in [2.05, 4.69) is 45.1 Å². The summed E-state index contributed by atoms with van der Waals surface area (Å²) < 4.78 is 1.58. The Morgan fingerprint density at radius 2 is 1.70 bits per heavy atom. The third-order valence-corrected chi connectivity index (χ3v) is 5.39. The van der Waals surface area contributed by atoms with E-state index in [0.29, 0.717) is 5.39 Å². The topological polar surface area (TPSA) is 57.2 Å². The van der Waals surface area contributed by atoms with Crippen LogP contribution in [0, 0.1) is 0 Å². The summed E-state index contributed by atoms with van der Waals surface area (Å²) in [6.07, 6.45) is 1.68. The van der Waals surface area contributed by atoms with E-state index in [1.807, 2.05) is 30.3 Å². The number of nitrogens with zero attached hydrogens (tertiary/aromatic N) is 4. The highest BCUT2D eigenvalue weighted by Crippen LogP contribution is 2.26. The maximum Gasteiger partial charge on any atom is 0.280 e. The van der Waals surface area contributed by atoms with E-state index in [0.717, 1.165) is 48.3 Å². The number of H-pyrrole nitrogens is 1. The number of piperazine rings is 1. The SMILES string of the molecule is CN1CCN(c2ccc3c(c2)ncc2c(=O)n(-c4ccccc4)[nH]c23)CC1. The van der Waals surface area contributed by atoms with Crippen molar-refractivity contribution in [2.24, 2.45) is 0 Å². The first-order chi connectivity index (χ1) is 13.2. The van der Waals surface area contributed by atoms with Crippen molar-refractivity contribution in [3.05, 3.63) is 65.1 Å². The highest BCUT2D eigenvalue weighted by atomic mass is 16.1. The zero-order valence-electron chi connectivity index (χ0n) is 15.2. The van der Waals surface area contributed by atoms with Crippen LogP contribution in [0.2, 0.25) is 0 Å². The van der Waals surface area contributed by atoms with Crippen molar-refractivity contribution >= 4 is 27.5 Å². The quantitative estimate of drug-likeness (QED) is 0.598. The summed E-state index contributed by atoms with van der Waals surface area (Å²) in [4.78, 5) is 22.1. The molecule has 0 radical (unpaired) electrons. The summed E-state index contributed by atoms with van der Waals surface area (Å²) in [5, 5.41) is 4.85. The fourth-order valence-electron chi connectivity index (χ4n) is 3.77. The standard InChI is InChI=1S/C21H21N5O/c1-24-9-11-25(12-10-24)16-7-8-17-19(13-16)22-14-18-20(17)23-26(21(18)27)15-5-3-2-4-6-15/h2-8,13-14,23H,9-12H2,1H3. The molecule has 0 atom stereocenters. The number of anilines is 1. The molecule has 27 heavy (non-hydrogen) atoms. The van der Waals surface area contributed by atoms with Crippen molar-refractivity contribution in [3.63, 3.8) is 0 Å². The van der Waals surface area contributed by atoms with E-state index in [1.165, 1.54) is 5.69 Å². The number of hydrogen-bond acceptors (Lipinski definition) is 4. The largest absolute Gasteiger partial charge is 0.369 e. The molecule has 1 saturated heterocycles. The second-order valence-electron chi connectivity index (χ2n) is 7.13. The lowest BCUT2D eigenvalue weighted by molar-refractivity contribution is 0.313. The Balaban J connectivity index is 1.62. The maximum absolute atomic E-state index is 12.8. The molecule has 1 N–H and O–H groups in total. The number of hydrogen-bond donors (Lipinski definition) is 1. The lowest BCUT2D eigenvalue weighted by Gasteiger charge is -2.34. The number of para-hydroxylation sites is 1. The highest BCUT2D eigenvalue weighted by molar-refractivity contribution is 6.03. The van der Waals surface area contributed by atoms with Gasteiger partial charge < -0.3 is 9.80 Å². The van der Waals surface area contributed by atoms with Gasteiger partial charge in [0.2, 0.25) is 0 Å². The summed E-state index contributed by atoms with van der Waals surface area (Å²) in [7, 11) is 2.16. The summed E-state index contributed by atoms with van der Waals surface area (Å²) >= 11 is 0. The molecule has 0 spiro atoms. The third-order valence-electron chi connectivity index (χ3n) is 5.39. The van der Waals surface area contributed by atoms with Crippen molar-refractivity contribution in [1.29, 1.82) is 0 Å². The second-order valence-corrected chi connectivity index (χ2v) is 7.13. The summed E-state index contributed by atoms with van der Waals surface area (Å²) in [5.41, 5.74) is 3.67. The van der Waals surface area contributed by atoms with Crippen LogP contribution in [0.5, 0.6) is 0 Å². The molecule has 0 bridgehead atoms. The molecule has 6 heteroatoms. The predicted molar refractivity (Wildman–Crippen MR) is 109 cm³/mol. The van der Waals surface area contributed by atoms with Gasteiger partial charge in [0.1, 0.15) is 0 Å². The minimum absolute atomic E-state index is 0.0752. The normalized spacial score (nSPS) is 15.7. The van der Waals surface area contributed by atoms with E-state index >= 15 is 0 Å². The molecule has 1 fully saturated rings. The average molecular weight is 359 g/mol. The Bertz CT molecular complexity index is 1170. The fourth-order valence-corrected chi connectivity index (χ4v) is 3.77. The van der Waals surface area contributed by atoms with Gasteiger partial charge in [-0.1, -0.05) is 18.2 Å². The number of likely N-dealkylation sites (N-methyl/N-ethyl adjacent to an activating group) is 1. The van der Waals surface area contributed by atoms with E-state index in [1.54, 1.807) is 10.9 Å². The van der Waals surface area contributed by atoms with Crippen molar-refractivity contribution < 1.29 is 0 Å². The summed E-state index contributed by atoms with van der Waals surface area (Å²) in [6, 6.07) is 15.9. The summed E-state index contributed by atoms with van der Waals surface area (Å²) in [6.45, 7) is 4.17. The molecular weight excluding hydrogens is 338 g/mol. The first-order valence-corrected chi connectivity index (χ1v) is 9.23. The van der Waals surface area contributed by atoms with Gasteiger partial charge in [-0.25, -0.2) is 4.68 Å². The van der Waals surface area contributed by atoms with Gasteiger partial charge in [0.05, 0.1) is 22.1 Å². The van der Waals surface area contributed by atoms with E-state index < -0.39 is 0 Å². The minimum atomic E-state index is -0.0752. The lowest BCUT2D eigenvalue weighted by atomic mass is 10.1. The van der Waals surface area contributed by atoms with E-state index in [-0.39, 0.29) is 5.56 Å². The molecule has 0 saturated carbocycles. The molecular formula is C21H21N5O. The van der Waals surface area contributed by atoms with Crippen LogP contribution in [0.15, 0.2) is 59.5 Å². The van der Waals surface area contributed by atoms with Crippen LogP contribution in [0.4, 0.5) is 5.69 Å². The molecule has 136 valence electrons. The van der Waals surface area contributed by atoms with Gasteiger partial charge in [0.15, 0.2) is 0 Å². The molecule has 1 aliphatic rings. The molecule has 1 aliphatic heterocycles. The Morgan fingerprint density at radius 1 is 0.926 bits per heavy atom. The fraction of sp³-hybridized carbons (Fsp3) is 0.238. The van der Waals surface area contributed by atoms with Crippen LogP contribution in [0.1, 0.15) is 0 Å². The molecule has 0 aliphatic carbocycles. The Hall–Kier alpha value is -3.12. The van der Waals surface area contributed by atoms with E-state index in [4.69, 9.17) is 0 Å². The second kappa shape index (κ2) is 6.25. The molecule has 6 nitrogen and oxygen atoms in total. The molecule has 5 rings (SSSR count). The summed E-state index contributed by atoms with van der Waals surface area (Å²) in [5.74, 6) is 0. The number of pyridine rings is 1. The van der Waals surface area contributed by atoms with Gasteiger partial charge in [-0.05, 0) is 37.4 Å². The number of benzene rings is 2. The maximum atomic E-state index is 12.8. The van der Waals surface area contributed by atoms with E-state index in [9.17, 15) is 4.79 Å². The first-order valence-electron chi connectivity index (χ1n) is 9.23. The monoisotopic (exact) mass is 359 g/mol. The van der Waals surface area contributed by atoms with Crippen LogP contribution in [0.3, 0.4) is 0 Å². The van der Waals surface area contributed by atoms with Gasteiger partial charge in [-0.15, -0.1) is 0 Å². The lowest BCUT2D eigenvalue weighted by Crippen LogP contribution is -2.44. The van der Waals surface area contributed by atoms with Gasteiger partial charge in [-0.2, -0.15) is 0 Å². The predicted octanol–water partition coefficient (Wildman–Crippen LogP) is 2.62. The van der Waals surface area contributed by atoms with Crippen molar-refractivity contribution in [1.82, 2.24) is 19.7 Å². The number of nitrogens with one attached hydrogen (secondary N) is 1. The van der Waals surface area contributed by atoms with Crippen molar-refractivity contribution in [3.8, 4) is 5.69 Å². The minimum Gasteiger partial charge on any atom is -0.369 e. The molecule has 0 unspecified atom stereocenters. The molecule has 2 aromatic carbocycles. The highest BCUT2D eigenvalue weighted by Gasteiger charge is 2.16. The van der Waals surface area contributed by atoms with Gasteiger partial charge in [0, 0.05) is 43.4 Å². The molecule has 3 heterocycles. The van der Waals surface area contributed by atoms with Crippen LogP contribution >= 0.6 is 0 Å². The van der Waals surface area contributed by atoms with Crippen molar-refractivity contribution in [2.45, 2.75) is 0 Å². The zero-order chi connectivity index (χ0) is 18.4. The molecule has 2 aromatic heterocycles. The number of rotatable bonds is 2. The average Bonchev–Trinajstić information content (AvgIpc) is 3.06.